The van der Waals surface area contributed by atoms with Crippen LogP contribution in [0.25, 0.3) is 0 Å². The molecule has 0 fully saturated rings. The fraction of sp³-hybridized carbons (Fsp3) is 0.429. The van der Waals surface area contributed by atoms with Gasteiger partial charge in [0.25, 0.3) is 0 Å². The molecule has 0 spiro atoms. The molecule has 0 bridgehead atoms. The topological polar surface area (TPSA) is 35.2 Å². The lowest BCUT2D eigenvalue weighted by molar-refractivity contribution is 0.115. The van der Waals surface area contributed by atoms with Gasteiger partial charge in [0.15, 0.2) is 0 Å². The SMILES string of the molecule is NOCC1C=CC(Cl)=CC1. The van der Waals surface area contributed by atoms with Crippen molar-refractivity contribution in [2.75, 3.05) is 6.61 Å². The second-order valence-corrected chi connectivity index (χ2v) is 2.71. The zero-order valence-electron chi connectivity index (χ0n) is 5.59. The first-order chi connectivity index (χ1) is 4.83. The fourth-order valence-electron chi connectivity index (χ4n) is 0.886. The molecule has 0 heterocycles. The Morgan fingerprint density at radius 1 is 1.80 bits per heavy atom. The van der Waals surface area contributed by atoms with Crippen molar-refractivity contribution in [3.8, 4) is 0 Å². The van der Waals surface area contributed by atoms with Gasteiger partial charge in [-0.2, -0.15) is 0 Å². The van der Waals surface area contributed by atoms with Crippen molar-refractivity contribution in [3.63, 3.8) is 0 Å². The average molecular weight is 160 g/mol. The molecule has 0 saturated carbocycles. The smallest absolute Gasteiger partial charge is 0.0744 e. The molecule has 0 aromatic carbocycles. The lowest BCUT2D eigenvalue weighted by atomic mass is 10.0. The Balaban J connectivity index is 2.37. The number of nitrogens with two attached hydrogens (primary N) is 1. The Labute approximate surface area is 65.3 Å². The summed E-state index contributed by atoms with van der Waals surface area (Å²) in [6.45, 7) is 0.567. The van der Waals surface area contributed by atoms with Crippen LogP contribution in [0.15, 0.2) is 23.3 Å². The lowest BCUT2D eigenvalue weighted by Crippen LogP contribution is -2.11. The van der Waals surface area contributed by atoms with Crippen LogP contribution in [0.1, 0.15) is 6.42 Å². The Morgan fingerprint density at radius 3 is 3.10 bits per heavy atom. The average Bonchev–Trinajstić information content (AvgIpc) is 1.95. The van der Waals surface area contributed by atoms with Gasteiger partial charge in [-0.1, -0.05) is 23.8 Å². The maximum Gasteiger partial charge on any atom is 0.0744 e. The maximum atomic E-state index is 5.68. The molecule has 1 rings (SSSR count). The highest BCUT2D eigenvalue weighted by Gasteiger charge is 2.06. The van der Waals surface area contributed by atoms with Gasteiger partial charge in [0.1, 0.15) is 0 Å². The van der Waals surface area contributed by atoms with Gasteiger partial charge in [-0.15, -0.1) is 0 Å². The molecule has 0 saturated heterocycles. The molecule has 0 aromatic rings. The minimum absolute atomic E-state index is 0.396. The van der Waals surface area contributed by atoms with Gasteiger partial charge in [-0.25, -0.2) is 5.90 Å². The molecule has 3 heteroatoms. The van der Waals surface area contributed by atoms with Gasteiger partial charge in [-0.05, 0) is 12.5 Å². The lowest BCUT2D eigenvalue weighted by Gasteiger charge is -2.11. The summed E-state index contributed by atoms with van der Waals surface area (Å²) < 4.78 is 0. The van der Waals surface area contributed by atoms with Crippen LogP contribution >= 0.6 is 11.6 Å². The zero-order chi connectivity index (χ0) is 7.40. The van der Waals surface area contributed by atoms with Crippen LogP contribution in [0.3, 0.4) is 0 Å². The highest BCUT2D eigenvalue weighted by atomic mass is 35.5. The highest BCUT2D eigenvalue weighted by molar-refractivity contribution is 6.31. The van der Waals surface area contributed by atoms with Crippen LogP contribution in [0.4, 0.5) is 0 Å². The van der Waals surface area contributed by atoms with Crippen molar-refractivity contribution in [1.29, 1.82) is 0 Å². The molecule has 56 valence electrons. The van der Waals surface area contributed by atoms with Crippen LogP contribution < -0.4 is 5.90 Å². The van der Waals surface area contributed by atoms with Gasteiger partial charge in [0.05, 0.1) is 6.61 Å². The predicted molar refractivity (Wildman–Crippen MR) is 41.3 cm³/mol. The largest absolute Gasteiger partial charge is 0.304 e. The van der Waals surface area contributed by atoms with Crippen LogP contribution in [0.2, 0.25) is 0 Å². The van der Waals surface area contributed by atoms with E-state index in [2.05, 4.69) is 4.84 Å². The molecule has 1 aliphatic carbocycles. The Bertz CT molecular complexity index is 165. The van der Waals surface area contributed by atoms with Gasteiger partial charge < -0.3 is 4.84 Å². The van der Waals surface area contributed by atoms with E-state index in [0.717, 1.165) is 11.5 Å². The molecule has 2 nitrogen and oxygen atoms in total. The quantitative estimate of drug-likeness (QED) is 0.621. The zero-order valence-corrected chi connectivity index (χ0v) is 6.34. The molecule has 1 aliphatic rings. The molecular weight excluding hydrogens is 150 g/mol. The molecular formula is C7H10ClNO. The van der Waals surface area contributed by atoms with E-state index in [4.69, 9.17) is 17.5 Å². The number of halogens is 1. The standard InChI is InChI=1S/C7H10ClNO/c8-7-3-1-6(2-4-7)5-10-9/h1,3-4,6H,2,5,9H2. The second kappa shape index (κ2) is 3.76. The summed E-state index contributed by atoms with van der Waals surface area (Å²) in [7, 11) is 0. The third kappa shape index (κ3) is 2.14. The number of hydrogen-bond donors (Lipinski definition) is 1. The fourth-order valence-corrected chi connectivity index (χ4v) is 1.05. The predicted octanol–water partition coefficient (Wildman–Crippen LogP) is 1.58. The minimum atomic E-state index is 0.396. The van der Waals surface area contributed by atoms with Crippen molar-refractivity contribution in [3.05, 3.63) is 23.3 Å². The molecule has 1 unspecified atom stereocenters. The van der Waals surface area contributed by atoms with Crippen LogP contribution in [-0.2, 0) is 4.84 Å². The summed E-state index contributed by atoms with van der Waals surface area (Å²) in [5.41, 5.74) is 0. The summed E-state index contributed by atoms with van der Waals surface area (Å²) in [5, 5.41) is 0.799. The van der Waals surface area contributed by atoms with E-state index < -0.39 is 0 Å². The van der Waals surface area contributed by atoms with Gasteiger partial charge in [0.2, 0.25) is 0 Å². The first-order valence-corrected chi connectivity index (χ1v) is 3.56. The molecule has 0 aliphatic heterocycles. The van der Waals surface area contributed by atoms with E-state index in [1.807, 2.05) is 18.2 Å². The monoisotopic (exact) mass is 159 g/mol. The van der Waals surface area contributed by atoms with Crippen LogP contribution in [-0.4, -0.2) is 6.61 Å². The van der Waals surface area contributed by atoms with E-state index in [-0.39, 0.29) is 0 Å². The Kier molecular flexibility index (Phi) is 2.93. The van der Waals surface area contributed by atoms with Crippen molar-refractivity contribution >= 4 is 11.6 Å². The van der Waals surface area contributed by atoms with Crippen LogP contribution in [0.5, 0.6) is 0 Å². The van der Waals surface area contributed by atoms with Crippen LogP contribution in [0, 0.1) is 5.92 Å². The molecule has 0 aromatic heterocycles. The summed E-state index contributed by atoms with van der Waals surface area (Å²) in [6.07, 6.45) is 6.77. The Hall–Kier alpha value is -0.310. The Morgan fingerprint density at radius 2 is 2.60 bits per heavy atom. The van der Waals surface area contributed by atoms with E-state index in [1.165, 1.54) is 0 Å². The number of hydrogen-bond acceptors (Lipinski definition) is 2. The van der Waals surface area contributed by atoms with E-state index in [1.54, 1.807) is 0 Å². The second-order valence-electron chi connectivity index (χ2n) is 2.28. The highest BCUT2D eigenvalue weighted by Crippen LogP contribution is 2.18. The normalized spacial score (nSPS) is 24.6. The first-order valence-electron chi connectivity index (χ1n) is 3.18. The molecule has 10 heavy (non-hydrogen) atoms. The summed E-state index contributed by atoms with van der Waals surface area (Å²) in [5.74, 6) is 5.30. The minimum Gasteiger partial charge on any atom is -0.304 e. The van der Waals surface area contributed by atoms with E-state index in [9.17, 15) is 0 Å². The number of allylic oxidation sites excluding steroid dienone is 3. The maximum absolute atomic E-state index is 5.68. The summed E-state index contributed by atoms with van der Waals surface area (Å²) in [4.78, 5) is 4.49. The van der Waals surface area contributed by atoms with Crippen molar-refractivity contribution in [2.24, 2.45) is 11.8 Å². The molecule has 0 radical (unpaired) electrons. The molecule has 1 atom stereocenters. The summed E-state index contributed by atoms with van der Waals surface area (Å²) in [6, 6.07) is 0. The first kappa shape index (κ1) is 7.79. The van der Waals surface area contributed by atoms with Crippen molar-refractivity contribution in [2.45, 2.75) is 6.42 Å². The van der Waals surface area contributed by atoms with Crippen molar-refractivity contribution < 1.29 is 4.84 Å². The molecule has 0 amide bonds. The van der Waals surface area contributed by atoms with E-state index in [0.29, 0.717) is 12.5 Å². The van der Waals surface area contributed by atoms with Gasteiger partial charge in [0, 0.05) is 11.0 Å². The van der Waals surface area contributed by atoms with Gasteiger partial charge in [-0.3, -0.25) is 0 Å². The summed E-state index contributed by atoms with van der Waals surface area (Å²) >= 11 is 5.68. The third-order valence-electron chi connectivity index (χ3n) is 1.45. The van der Waals surface area contributed by atoms with Crippen molar-refractivity contribution in [1.82, 2.24) is 0 Å². The van der Waals surface area contributed by atoms with Gasteiger partial charge >= 0.3 is 0 Å². The molecule has 2 N–H and O–H groups in total. The third-order valence-corrected chi connectivity index (χ3v) is 1.73. The number of rotatable bonds is 2. The van der Waals surface area contributed by atoms with E-state index >= 15 is 0 Å².